The van der Waals surface area contributed by atoms with Crippen molar-refractivity contribution in [3.8, 4) is 0 Å². The molecule has 0 amide bonds. The number of H-pyrrole nitrogens is 1. The predicted molar refractivity (Wildman–Crippen MR) is 100 cm³/mol. The van der Waals surface area contributed by atoms with Crippen molar-refractivity contribution in [3.05, 3.63) is 47.7 Å². The Morgan fingerprint density at radius 3 is 2.54 bits per heavy atom. The number of aromatic amines is 1. The maximum atomic E-state index is 11.3. The molecule has 0 unspecified atom stereocenters. The molecule has 0 aliphatic carbocycles. The van der Waals surface area contributed by atoms with Gasteiger partial charge in [0, 0.05) is 27.6 Å². The zero-order valence-corrected chi connectivity index (χ0v) is 15.4. The molecule has 0 fully saturated rings. The summed E-state index contributed by atoms with van der Waals surface area (Å²) in [5.41, 5.74) is 4.54. The Bertz CT molecular complexity index is 719. The average Bonchev–Trinajstić information content (AvgIpc) is 2.89. The summed E-state index contributed by atoms with van der Waals surface area (Å²) in [5, 5.41) is 1.33. The van der Waals surface area contributed by atoms with Gasteiger partial charge in [-0.2, -0.15) is 0 Å². The number of ether oxygens (including phenoxy) is 1. The van der Waals surface area contributed by atoms with Crippen molar-refractivity contribution in [2.45, 2.75) is 58.8 Å². The molecule has 1 aromatic carbocycles. The van der Waals surface area contributed by atoms with E-state index < -0.39 is 0 Å². The predicted octanol–water partition coefficient (Wildman–Crippen LogP) is 5.30. The topological polar surface area (TPSA) is 42.1 Å². The van der Waals surface area contributed by atoms with E-state index in [1.54, 1.807) is 6.92 Å². The molecule has 0 aliphatic heterocycles. The van der Waals surface area contributed by atoms with Crippen molar-refractivity contribution in [1.82, 2.24) is 4.98 Å². The normalized spacial score (nSPS) is 11.7. The number of esters is 1. The number of aryl methyl sites for hydroxylation is 1. The fraction of sp³-hybridized carbons (Fsp3) is 0.476. The minimum absolute atomic E-state index is 0.103. The highest BCUT2D eigenvalue weighted by molar-refractivity contribution is 5.87. The van der Waals surface area contributed by atoms with Gasteiger partial charge >= 0.3 is 5.97 Å². The van der Waals surface area contributed by atoms with E-state index in [2.05, 4.69) is 56.6 Å². The van der Waals surface area contributed by atoms with Crippen LogP contribution in [0, 0.1) is 0 Å². The standard InChI is InChI=1S/C21H29NO2/c1-15(2)20(23)24-14-10-6-7-12-17-16-11-8-9-13-18(16)22-19(17)21(3,4)5/h8-9,11,13,22H,1,6-7,10,12,14H2,2-5H3. The summed E-state index contributed by atoms with van der Waals surface area (Å²) in [6.45, 7) is 12.5. The summed E-state index contributed by atoms with van der Waals surface area (Å²) < 4.78 is 5.14. The van der Waals surface area contributed by atoms with Crippen molar-refractivity contribution in [2.75, 3.05) is 6.61 Å². The Morgan fingerprint density at radius 2 is 1.88 bits per heavy atom. The minimum atomic E-state index is -0.290. The van der Waals surface area contributed by atoms with Gasteiger partial charge < -0.3 is 9.72 Å². The molecule has 0 spiro atoms. The number of carbonyl (C=O) groups is 1. The van der Waals surface area contributed by atoms with Crippen LogP contribution in [-0.2, 0) is 21.4 Å². The highest BCUT2D eigenvalue weighted by Gasteiger charge is 2.21. The number of benzene rings is 1. The van der Waals surface area contributed by atoms with E-state index >= 15 is 0 Å². The molecule has 0 saturated heterocycles. The van der Waals surface area contributed by atoms with Crippen LogP contribution in [0.25, 0.3) is 10.9 Å². The second kappa shape index (κ2) is 7.69. The molecular weight excluding hydrogens is 298 g/mol. The molecular formula is C21H29NO2. The minimum Gasteiger partial charge on any atom is -0.462 e. The van der Waals surface area contributed by atoms with Crippen LogP contribution in [-0.4, -0.2) is 17.6 Å². The number of para-hydroxylation sites is 1. The first-order chi connectivity index (χ1) is 11.3. The number of aromatic nitrogens is 1. The van der Waals surface area contributed by atoms with E-state index in [4.69, 9.17) is 4.74 Å². The first-order valence-electron chi connectivity index (χ1n) is 8.73. The number of rotatable bonds is 7. The van der Waals surface area contributed by atoms with E-state index in [0.29, 0.717) is 12.2 Å². The monoisotopic (exact) mass is 327 g/mol. The zero-order valence-electron chi connectivity index (χ0n) is 15.4. The van der Waals surface area contributed by atoms with Crippen molar-refractivity contribution >= 4 is 16.9 Å². The Labute approximate surface area is 145 Å². The highest BCUT2D eigenvalue weighted by Crippen LogP contribution is 2.32. The summed E-state index contributed by atoms with van der Waals surface area (Å²) in [5.74, 6) is -0.290. The molecule has 0 atom stereocenters. The van der Waals surface area contributed by atoms with Gasteiger partial charge in [0.25, 0.3) is 0 Å². The number of hydrogen-bond acceptors (Lipinski definition) is 2. The molecule has 0 saturated carbocycles. The number of nitrogens with one attached hydrogen (secondary N) is 1. The molecule has 1 heterocycles. The van der Waals surface area contributed by atoms with Gasteiger partial charge in [-0.3, -0.25) is 0 Å². The van der Waals surface area contributed by atoms with Crippen molar-refractivity contribution in [3.63, 3.8) is 0 Å². The summed E-state index contributed by atoms with van der Waals surface area (Å²) in [6, 6.07) is 8.52. The molecule has 0 radical (unpaired) electrons. The van der Waals surface area contributed by atoms with Gasteiger partial charge in [0.05, 0.1) is 6.61 Å². The smallest absolute Gasteiger partial charge is 0.333 e. The van der Waals surface area contributed by atoms with E-state index in [1.165, 1.54) is 22.2 Å². The number of fused-ring (bicyclic) bond motifs is 1. The Hall–Kier alpha value is -2.03. The van der Waals surface area contributed by atoms with E-state index in [-0.39, 0.29) is 11.4 Å². The first-order valence-corrected chi connectivity index (χ1v) is 8.73. The molecule has 3 heteroatoms. The summed E-state index contributed by atoms with van der Waals surface area (Å²) >= 11 is 0. The van der Waals surface area contributed by atoms with Crippen molar-refractivity contribution in [2.24, 2.45) is 0 Å². The zero-order chi connectivity index (χ0) is 17.7. The molecule has 130 valence electrons. The maximum absolute atomic E-state index is 11.3. The fourth-order valence-corrected chi connectivity index (χ4v) is 2.97. The SMILES string of the molecule is C=C(C)C(=O)OCCCCCc1c(C(C)(C)C)[nH]c2ccccc12. The van der Waals surface area contributed by atoms with Gasteiger partial charge in [-0.25, -0.2) is 4.79 Å². The van der Waals surface area contributed by atoms with Crippen molar-refractivity contribution in [1.29, 1.82) is 0 Å². The van der Waals surface area contributed by atoms with Gasteiger partial charge in [0.1, 0.15) is 0 Å². The van der Waals surface area contributed by atoms with E-state index in [0.717, 1.165) is 25.7 Å². The van der Waals surface area contributed by atoms with Crippen molar-refractivity contribution < 1.29 is 9.53 Å². The third-order valence-electron chi connectivity index (χ3n) is 4.22. The molecule has 2 aromatic rings. The lowest BCUT2D eigenvalue weighted by molar-refractivity contribution is -0.139. The lowest BCUT2D eigenvalue weighted by Gasteiger charge is -2.19. The van der Waals surface area contributed by atoms with Gasteiger partial charge in [-0.1, -0.05) is 45.5 Å². The largest absolute Gasteiger partial charge is 0.462 e. The number of hydrogen-bond donors (Lipinski definition) is 1. The van der Waals surface area contributed by atoms with E-state index in [1.807, 2.05) is 0 Å². The van der Waals surface area contributed by atoms with Crippen LogP contribution in [0.5, 0.6) is 0 Å². The fourth-order valence-electron chi connectivity index (χ4n) is 2.97. The third-order valence-corrected chi connectivity index (χ3v) is 4.22. The van der Waals surface area contributed by atoms with Crippen LogP contribution >= 0.6 is 0 Å². The van der Waals surface area contributed by atoms with Gasteiger partial charge in [-0.15, -0.1) is 0 Å². The van der Waals surface area contributed by atoms with Crippen LogP contribution in [0.3, 0.4) is 0 Å². The van der Waals surface area contributed by atoms with Crippen LogP contribution in [0.2, 0.25) is 0 Å². The van der Waals surface area contributed by atoms with Crippen LogP contribution in [0.15, 0.2) is 36.4 Å². The summed E-state index contributed by atoms with van der Waals surface area (Å²) in [4.78, 5) is 14.9. The number of unbranched alkanes of at least 4 members (excludes halogenated alkanes) is 2. The van der Waals surface area contributed by atoms with Crippen LogP contribution < -0.4 is 0 Å². The van der Waals surface area contributed by atoms with Gasteiger partial charge in [0.15, 0.2) is 0 Å². The Balaban J connectivity index is 1.95. The van der Waals surface area contributed by atoms with E-state index in [9.17, 15) is 4.79 Å². The Kier molecular flexibility index (Phi) is 5.87. The lowest BCUT2D eigenvalue weighted by atomic mass is 9.87. The summed E-state index contributed by atoms with van der Waals surface area (Å²) in [6.07, 6.45) is 4.08. The maximum Gasteiger partial charge on any atom is 0.333 e. The second-order valence-corrected chi connectivity index (χ2v) is 7.50. The van der Waals surface area contributed by atoms with Crippen LogP contribution in [0.1, 0.15) is 58.2 Å². The molecule has 1 N–H and O–H groups in total. The third kappa shape index (κ3) is 4.50. The lowest BCUT2D eigenvalue weighted by Crippen LogP contribution is -2.14. The highest BCUT2D eigenvalue weighted by atomic mass is 16.5. The quantitative estimate of drug-likeness (QED) is 0.426. The molecule has 0 bridgehead atoms. The van der Waals surface area contributed by atoms with Crippen LogP contribution in [0.4, 0.5) is 0 Å². The molecule has 1 aromatic heterocycles. The van der Waals surface area contributed by atoms with Gasteiger partial charge in [-0.05, 0) is 44.2 Å². The molecule has 0 aliphatic rings. The van der Waals surface area contributed by atoms with Gasteiger partial charge in [0.2, 0.25) is 0 Å². The molecule has 3 nitrogen and oxygen atoms in total. The molecule has 24 heavy (non-hydrogen) atoms. The second-order valence-electron chi connectivity index (χ2n) is 7.50. The molecule has 2 rings (SSSR count). The summed E-state index contributed by atoms with van der Waals surface area (Å²) in [7, 11) is 0. The Morgan fingerprint density at radius 1 is 1.17 bits per heavy atom. The average molecular weight is 327 g/mol. The first kappa shape index (κ1) is 18.3. The number of carbonyl (C=O) groups excluding carboxylic acids is 1.